The Morgan fingerprint density at radius 1 is 1.36 bits per heavy atom. The molecule has 0 saturated heterocycles. The zero-order chi connectivity index (χ0) is 10.6. The Kier molecular flexibility index (Phi) is 4.93. The van der Waals surface area contributed by atoms with Crippen molar-refractivity contribution in [1.29, 1.82) is 0 Å². The van der Waals surface area contributed by atoms with Crippen molar-refractivity contribution in [3.8, 4) is 0 Å². The van der Waals surface area contributed by atoms with Gasteiger partial charge in [-0.25, -0.2) is 0 Å². The lowest BCUT2D eigenvalue weighted by Crippen LogP contribution is -2.24. The SMILES string of the molecule is CC(C)NCCC(C)c1ccc(Cl)s1. The lowest BCUT2D eigenvalue weighted by atomic mass is 10.1. The molecule has 14 heavy (non-hydrogen) atoms. The van der Waals surface area contributed by atoms with Crippen LogP contribution in [0.15, 0.2) is 12.1 Å². The quantitative estimate of drug-likeness (QED) is 0.811. The maximum atomic E-state index is 5.89. The summed E-state index contributed by atoms with van der Waals surface area (Å²) >= 11 is 7.58. The van der Waals surface area contributed by atoms with Crippen LogP contribution in [0, 0.1) is 0 Å². The predicted molar refractivity (Wildman–Crippen MR) is 65.5 cm³/mol. The summed E-state index contributed by atoms with van der Waals surface area (Å²) in [7, 11) is 0. The molecule has 1 rings (SSSR count). The minimum atomic E-state index is 0.578. The average molecular weight is 232 g/mol. The largest absolute Gasteiger partial charge is 0.315 e. The Bertz CT molecular complexity index is 270. The molecule has 0 aliphatic rings. The summed E-state index contributed by atoms with van der Waals surface area (Å²) in [5, 5.41) is 3.42. The van der Waals surface area contributed by atoms with Gasteiger partial charge in [0.05, 0.1) is 4.34 Å². The molecule has 1 heterocycles. The van der Waals surface area contributed by atoms with Gasteiger partial charge in [0, 0.05) is 10.9 Å². The predicted octanol–water partition coefficient (Wildman–Crippen LogP) is 3.89. The molecule has 0 saturated carbocycles. The zero-order valence-corrected chi connectivity index (χ0v) is 10.6. The van der Waals surface area contributed by atoms with E-state index in [-0.39, 0.29) is 0 Å². The first-order valence-corrected chi connectivity index (χ1v) is 6.27. The standard InChI is InChI=1S/C11H18ClNS/c1-8(2)13-7-6-9(3)10-4-5-11(12)14-10/h4-5,8-9,13H,6-7H2,1-3H3. The summed E-state index contributed by atoms with van der Waals surface area (Å²) in [6.07, 6.45) is 1.18. The summed E-state index contributed by atoms with van der Waals surface area (Å²) in [6.45, 7) is 7.68. The Morgan fingerprint density at radius 3 is 2.57 bits per heavy atom. The van der Waals surface area contributed by atoms with Crippen LogP contribution in [0.4, 0.5) is 0 Å². The van der Waals surface area contributed by atoms with Gasteiger partial charge in [0.25, 0.3) is 0 Å². The molecule has 1 aromatic heterocycles. The smallest absolute Gasteiger partial charge is 0.0931 e. The highest BCUT2D eigenvalue weighted by Gasteiger charge is 2.07. The Morgan fingerprint density at radius 2 is 2.07 bits per heavy atom. The molecule has 0 aliphatic heterocycles. The third-order valence-electron chi connectivity index (χ3n) is 2.21. The lowest BCUT2D eigenvalue weighted by molar-refractivity contribution is 0.544. The van der Waals surface area contributed by atoms with Gasteiger partial charge in [0.1, 0.15) is 0 Å². The molecule has 0 amide bonds. The highest BCUT2D eigenvalue weighted by Crippen LogP contribution is 2.29. The highest BCUT2D eigenvalue weighted by atomic mass is 35.5. The summed E-state index contributed by atoms with van der Waals surface area (Å²) in [5.74, 6) is 0.610. The van der Waals surface area contributed by atoms with Gasteiger partial charge in [0.15, 0.2) is 0 Å². The van der Waals surface area contributed by atoms with E-state index in [0.29, 0.717) is 12.0 Å². The van der Waals surface area contributed by atoms with Crippen molar-refractivity contribution in [1.82, 2.24) is 5.32 Å². The van der Waals surface area contributed by atoms with Crippen molar-refractivity contribution in [2.45, 2.75) is 39.2 Å². The summed E-state index contributed by atoms with van der Waals surface area (Å²) < 4.78 is 0.892. The van der Waals surface area contributed by atoms with Crippen molar-refractivity contribution in [2.75, 3.05) is 6.54 Å². The van der Waals surface area contributed by atoms with Crippen LogP contribution in [0.1, 0.15) is 38.0 Å². The summed E-state index contributed by atoms with van der Waals surface area (Å²) in [4.78, 5) is 1.39. The fourth-order valence-corrected chi connectivity index (χ4v) is 2.47. The van der Waals surface area contributed by atoms with E-state index in [2.05, 4.69) is 32.2 Å². The molecule has 1 aromatic rings. The molecule has 0 fully saturated rings. The van der Waals surface area contributed by atoms with Gasteiger partial charge in [0.2, 0.25) is 0 Å². The van der Waals surface area contributed by atoms with E-state index < -0.39 is 0 Å². The summed E-state index contributed by atoms with van der Waals surface area (Å²) in [5.41, 5.74) is 0. The van der Waals surface area contributed by atoms with Crippen LogP contribution in [0.2, 0.25) is 4.34 Å². The normalized spacial score (nSPS) is 13.5. The first-order valence-electron chi connectivity index (χ1n) is 5.08. The van der Waals surface area contributed by atoms with Gasteiger partial charge in [-0.05, 0) is 31.0 Å². The van der Waals surface area contributed by atoms with Gasteiger partial charge in [-0.15, -0.1) is 11.3 Å². The first kappa shape index (κ1) is 12.0. The maximum absolute atomic E-state index is 5.89. The minimum absolute atomic E-state index is 0.578. The van der Waals surface area contributed by atoms with E-state index >= 15 is 0 Å². The highest BCUT2D eigenvalue weighted by molar-refractivity contribution is 7.16. The second kappa shape index (κ2) is 5.74. The van der Waals surface area contributed by atoms with Crippen molar-refractivity contribution in [2.24, 2.45) is 0 Å². The fraction of sp³-hybridized carbons (Fsp3) is 0.636. The molecule has 1 N–H and O–H groups in total. The van der Waals surface area contributed by atoms with Crippen molar-refractivity contribution >= 4 is 22.9 Å². The van der Waals surface area contributed by atoms with Crippen LogP contribution in [0.5, 0.6) is 0 Å². The van der Waals surface area contributed by atoms with Crippen molar-refractivity contribution in [3.63, 3.8) is 0 Å². The van der Waals surface area contributed by atoms with Crippen molar-refractivity contribution in [3.05, 3.63) is 21.3 Å². The number of nitrogens with one attached hydrogen (secondary N) is 1. The van der Waals surface area contributed by atoms with Crippen LogP contribution >= 0.6 is 22.9 Å². The zero-order valence-electron chi connectivity index (χ0n) is 9.01. The molecule has 1 atom stereocenters. The summed E-state index contributed by atoms with van der Waals surface area (Å²) in [6, 6.07) is 4.69. The Balaban J connectivity index is 2.32. The fourth-order valence-electron chi connectivity index (χ4n) is 1.32. The van der Waals surface area contributed by atoms with Crippen LogP contribution < -0.4 is 5.32 Å². The third-order valence-corrected chi connectivity index (χ3v) is 3.67. The second-order valence-electron chi connectivity index (χ2n) is 3.94. The molecule has 0 radical (unpaired) electrons. The van der Waals surface area contributed by atoms with Crippen LogP contribution in [-0.2, 0) is 0 Å². The first-order chi connectivity index (χ1) is 6.59. The number of hydrogen-bond donors (Lipinski definition) is 1. The number of halogens is 1. The Hall–Kier alpha value is -0.0500. The van der Waals surface area contributed by atoms with Gasteiger partial charge in [-0.2, -0.15) is 0 Å². The number of thiophene rings is 1. The molecular weight excluding hydrogens is 214 g/mol. The van der Waals surface area contributed by atoms with E-state index in [1.807, 2.05) is 6.07 Å². The third kappa shape index (κ3) is 3.99. The number of hydrogen-bond acceptors (Lipinski definition) is 2. The molecule has 0 aromatic carbocycles. The molecule has 0 aliphatic carbocycles. The molecule has 1 nitrogen and oxygen atoms in total. The van der Waals surface area contributed by atoms with Crippen LogP contribution in [-0.4, -0.2) is 12.6 Å². The lowest BCUT2D eigenvalue weighted by Gasteiger charge is -2.11. The molecule has 0 spiro atoms. The average Bonchev–Trinajstić information content (AvgIpc) is 2.51. The minimum Gasteiger partial charge on any atom is -0.315 e. The molecule has 80 valence electrons. The topological polar surface area (TPSA) is 12.0 Å². The monoisotopic (exact) mass is 231 g/mol. The number of rotatable bonds is 5. The van der Waals surface area contributed by atoms with Crippen LogP contribution in [0.3, 0.4) is 0 Å². The van der Waals surface area contributed by atoms with Gasteiger partial charge < -0.3 is 5.32 Å². The van der Waals surface area contributed by atoms with Gasteiger partial charge in [-0.1, -0.05) is 32.4 Å². The molecule has 0 bridgehead atoms. The maximum Gasteiger partial charge on any atom is 0.0931 e. The van der Waals surface area contributed by atoms with Gasteiger partial charge >= 0.3 is 0 Å². The van der Waals surface area contributed by atoms with E-state index in [0.717, 1.165) is 10.9 Å². The van der Waals surface area contributed by atoms with E-state index in [4.69, 9.17) is 11.6 Å². The molecule has 1 unspecified atom stereocenters. The molecule has 3 heteroatoms. The van der Waals surface area contributed by atoms with E-state index in [9.17, 15) is 0 Å². The Labute approximate surface area is 95.5 Å². The second-order valence-corrected chi connectivity index (χ2v) is 5.69. The molecular formula is C11H18ClNS. The van der Waals surface area contributed by atoms with Crippen LogP contribution in [0.25, 0.3) is 0 Å². The van der Waals surface area contributed by atoms with Crippen molar-refractivity contribution < 1.29 is 0 Å². The van der Waals surface area contributed by atoms with Gasteiger partial charge in [-0.3, -0.25) is 0 Å². The van der Waals surface area contributed by atoms with E-state index in [1.54, 1.807) is 11.3 Å². The van der Waals surface area contributed by atoms with E-state index in [1.165, 1.54) is 11.3 Å².